The van der Waals surface area contributed by atoms with Crippen LogP contribution in [0.5, 0.6) is 0 Å². The van der Waals surface area contributed by atoms with E-state index in [-0.39, 0.29) is 30.1 Å². The third-order valence-electron chi connectivity index (χ3n) is 5.29. The van der Waals surface area contributed by atoms with Gasteiger partial charge in [0.15, 0.2) is 5.69 Å². The molecule has 30 heavy (non-hydrogen) atoms. The van der Waals surface area contributed by atoms with Crippen molar-refractivity contribution in [2.45, 2.75) is 23.5 Å². The van der Waals surface area contributed by atoms with E-state index in [0.29, 0.717) is 11.3 Å². The average Bonchev–Trinajstić information content (AvgIpc) is 3.20. The zero-order chi connectivity index (χ0) is 21.3. The van der Waals surface area contributed by atoms with Gasteiger partial charge in [0.25, 0.3) is 0 Å². The first kappa shape index (κ1) is 20.3. The number of aliphatic hydroxyl groups excluding tert-OH is 1. The number of carboxylic acid groups (broad SMARTS) is 1. The van der Waals surface area contributed by atoms with Crippen molar-refractivity contribution in [3.63, 3.8) is 0 Å². The van der Waals surface area contributed by atoms with Crippen molar-refractivity contribution in [2.24, 2.45) is 0 Å². The number of nitrogens with zero attached hydrogens (tertiary/aromatic N) is 3. The van der Waals surface area contributed by atoms with Gasteiger partial charge in [0.1, 0.15) is 0 Å². The molecule has 1 aliphatic heterocycles. The van der Waals surface area contributed by atoms with E-state index in [9.17, 15) is 23.4 Å². The molecule has 2 N–H and O–H groups in total. The molecule has 1 fully saturated rings. The van der Waals surface area contributed by atoms with Crippen LogP contribution in [0.3, 0.4) is 0 Å². The van der Waals surface area contributed by atoms with Crippen molar-refractivity contribution in [2.75, 3.05) is 13.1 Å². The van der Waals surface area contributed by atoms with Crippen LogP contribution in [-0.2, 0) is 10.0 Å². The van der Waals surface area contributed by atoms with Crippen molar-refractivity contribution in [1.29, 1.82) is 0 Å². The van der Waals surface area contributed by atoms with Crippen LogP contribution in [0.15, 0.2) is 71.9 Å². The maximum absolute atomic E-state index is 13.1. The highest BCUT2D eigenvalue weighted by Gasteiger charge is 2.37. The normalized spacial score (nSPS) is 20.2. The van der Waals surface area contributed by atoms with Gasteiger partial charge in [0, 0.05) is 18.7 Å². The molecule has 0 saturated carbocycles. The molecule has 0 aliphatic carbocycles. The number of carboxylic acids is 1. The Hall–Kier alpha value is -3.01. The first-order chi connectivity index (χ1) is 14.4. The van der Waals surface area contributed by atoms with Crippen LogP contribution >= 0.6 is 0 Å². The summed E-state index contributed by atoms with van der Waals surface area (Å²) in [5.41, 5.74) is 0.824. The zero-order valence-corrected chi connectivity index (χ0v) is 16.8. The highest BCUT2D eigenvalue weighted by Crippen LogP contribution is 2.32. The van der Waals surface area contributed by atoms with Gasteiger partial charge in [0.2, 0.25) is 10.0 Å². The smallest absolute Gasteiger partial charge is 0.356 e. The Bertz CT molecular complexity index is 1150. The topological polar surface area (TPSA) is 113 Å². The molecule has 8 nitrogen and oxygen atoms in total. The van der Waals surface area contributed by atoms with Crippen LogP contribution in [0.4, 0.5) is 0 Å². The fraction of sp³-hybridized carbons (Fsp3) is 0.238. The van der Waals surface area contributed by atoms with Crippen LogP contribution in [0, 0.1) is 0 Å². The predicted octanol–water partition coefficient (Wildman–Crippen LogP) is 2.24. The quantitative estimate of drug-likeness (QED) is 0.646. The molecule has 1 aromatic heterocycles. The lowest BCUT2D eigenvalue weighted by atomic mass is 10.0. The van der Waals surface area contributed by atoms with Gasteiger partial charge in [-0.15, -0.1) is 0 Å². The Morgan fingerprint density at radius 2 is 1.67 bits per heavy atom. The lowest BCUT2D eigenvalue weighted by Gasteiger charge is -2.36. The summed E-state index contributed by atoms with van der Waals surface area (Å²) >= 11 is 0. The fourth-order valence-corrected chi connectivity index (χ4v) is 5.27. The summed E-state index contributed by atoms with van der Waals surface area (Å²) in [5.74, 6) is -1.19. The summed E-state index contributed by atoms with van der Waals surface area (Å²) in [6.45, 7) is 0.184. The standard InChI is InChI=1S/C21H21N3O5S/c25-18-11-12-23(30(28,29)16-9-5-2-6-10-16)13-17(18)24-14-22-19(21(26)27)20(24)15-7-3-1-4-8-15/h1-10,14,17-18,25H,11-13H2,(H,26,27)/t17-,18-/m1/s1. The lowest BCUT2D eigenvalue weighted by Crippen LogP contribution is -2.46. The van der Waals surface area contributed by atoms with Gasteiger partial charge >= 0.3 is 5.97 Å². The van der Waals surface area contributed by atoms with Gasteiger partial charge in [-0.25, -0.2) is 18.2 Å². The van der Waals surface area contributed by atoms with E-state index in [1.807, 2.05) is 6.07 Å². The summed E-state index contributed by atoms with van der Waals surface area (Å²) in [4.78, 5) is 15.9. The maximum Gasteiger partial charge on any atom is 0.356 e. The molecule has 9 heteroatoms. The molecule has 1 aliphatic rings. The van der Waals surface area contributed by atoms with Crippen LogP contribution in [0.2, 0.25) is 0 Å². The summed E-state index contributed by atoms with van der Waals surface area (Å²) in [5, 5.41) is 20.3. The van der Waals surface area contributed by atoms with E-state index in [1.54, 1.807) is 47.0 Å². The monoisotopic (exact) mass is 427 g/mol. The molecule has 156 valence electrons. The number of sulfonamides is 1. The first-order valence-electron chi connectivity index (χ1n) is 9.48. The van der Waals surface area contributed by atoms with Crippen LogP contribution < -0.4 is 0 Å². The van der Waals surface area contributed by atoms with Crippen molar-refractivity contribution >= 4 is 16.0 Å². The number of aliphatic hydroxyl groups is 1. The maximum atomic E-state index is 13.1. The number of hydrogen-bond donors (Lipinski definition) is 2. The van der Waals surface area contributed by atoms with E-state index in [2.05, 4.69) is 4.98 Å². The van der Waals surface area contributed by atoms with E-state index in [1.165, 1.54) is 22.8 Å². The Kier molecular flexibility index (Phi) is 5.42. The molecule has 3 aromatic rings. The summed E-state index contributed by atoms with van der Waals surface area (Å²) < 4.78 is 29.0. The molecule has 0 unspecified atom stereocenters. The van der Waals surface area contributed by atoms with E-state index in [0.717, 1.165) is 0 Å². The number of imidazole rings is 1. The fourth-order valence-electron chi connectivity index (χ4n) is 3.77. The number of aromatic nitrogens is 2. The first-order valence-corrected chi connectivity index (χ1v) is 10.9. The molecular weight excluding hydrogens is 406 g/mol. The average molecular weight is 427 g/mol. The summed E-state index contributed by atoms with van der Waals surface area (Å²) in [6.07, 6.45) is 0.745. The second kappa shape index (κ2) is 8.02. The zero-order valence-electron chi connectivity index (χ0n) is 16.0. The Morgan fingerprint density at radius 3 is 2.30 bits per heavy atom. The van der Waals surface area contributed by atoms with E-state index in [4.69, 9.17) is 0 Å². The van der Waals surface area contributed by atoms with Crippen LogP contribution in [-0.4, -0.2) is 57.6 Å². The molecule has 1 saturated heterocycles. The van der Waals surface area contributed by atoms with Gasteiger partial charge in [0.05, 0.1) is 29.1 Å². The molecule has 0 radical (unpaired) electrons. The number of aromatic carboxylic acids is 1. The van der Waals surface area contributed by atoms with Crippen molar-refractivity contribution < 1.29 is 23.4 Å². The van der Waals surface area contributed by atoms with E-state index >= 15 is 0 Å². The van der Waals surface area contributed by atoms with Gasteiger partial charge < -0.3 is 14.8 Å². The molecule has 0 spiro atoms. The van der Waals surface area contributed by atoms with Gasteiger partial charge in [-0.2, -0.15) is 4.31 Å². The van der Waals surface area contributed by atoms with Crippen LogP contribution in [0.1, 0.15) is 23.0 Å². The highest BCUT2D eigenvalue weighted by molar-refractivity contribution is 7.89. The SMILES string of the molecule is O=C(O)c1ncn([C@@H]2CN(S(=O)(=O)c3ccccc3)CC[C@H]2O)c1-c1ccccc1. The number of carbonyl (C=O) groups is 1. The summed E-state index contributed by atoms with van der Waals surface area (Å²) in [6, 6.07) is 16.3. The van der Waals surface area contributed by atoms with Crippen molar-refractivity contribution in [1.82, 2.24) is 13.9 Å². The van der Waals surface area contributed by atoms with Crippen LogP contribution in [0.25, 0.3) is 11.3 Å². The second-order valence-electron chi connectivity index (χ2n) is 7.12. The number of hydrogen-bond acceptors (Lipinski definition) is 5. The number of piperidine rings is 1. The van der Waals surface area contributed by atoms with Crippen molar-refractivity contribution in [3.05, 3.63) is 72.7 Å². The predicted molar refractivity (Wildman–Crippen MR) is 109 cm³/mol. The summed E-state index contributed by atoms with van der Waals surface area (Å²) in [7, 11) is -3.74. The Morgan fingerprint density at radius 1 is 1.03 bits per heavy atom. The molecule has 4 rings (SSSR count). The van der Waals surface area contributed by atoms with Gasteiger partial charge in [-0.1, -0.05) is 48.5 Å². The minimum absolute atomic E-state index is 0.00759. The second-order valence-corrected chi connectivity index (χ2v) is 9.06. The molecular formula is C21H21N3O5S. The number of benzene rings is 2. The molecule has 2 atom stereocenters. The minimum Gasteiger partial charge on any atom is -0.476 e. The largest absolute Gasteiger partial charge is 0.476 e. The molecule has 2 aromatic carbocycles. The van der Waals surface area contributed by atoms with Gasteiger partial charge in [-0.05, 0) is 18.6 Å². The molecule has 0 amide bonds. The van der Waals surface area contributed by atoms with Gasteiger partial charge in [-0.3, -0.25) is 0 Å². The number of rotatable bonds is 5. The molecule has 0 bridgehead atoms. The van der Waals surface area contributed by atoms with Crippen molar-refractivity contribution in [3.8, 4) is 11.3 Å². The Balaban J connectivity index is 1.74. The minimum atomic E-state index is -3.74. The Labute approximate surface area is 174 Å². The third-order valence-corrected chi connectivity index (χ3v) is 7.17. The highest BCUT2D eigenvalue weighted by atomic mass is 32.2. The molecule has 2 heterocycles. The lowest BCUT2D eigenvalue weighted by molar-refractivity contribution is 0.0598. The van der Waals surface area contributed by atoms with E-state index < -0.39 is 28.1 Å². The third kappa shape index (κ3) is 3.62.